The number of halogens is 2. The van der Waals surface area contributed by atoms with Crippen LogP contribution in [-0.4, -0.2) is 16.7 Å². The maximum absolute atomic E-state index is 13.3. The van der Waals surface area contributed by atoms with Crippen LogP contribution in [0.25, 0.3) is 5.57 Å². The molecule has 4 rings (SSSR count). The predicted molar refractivity (Wildman–Crippen MR) is 120 cm³/mol. The van der Waals surface area contributed by atoms with E-state index >= 15 is 0 Å². The third-order valence-electron chi connectivity index (χ3n) is 4.94. The van der Waals surface area contributed by atoms with Crippen LogP contribution in [0.1, 0.15) is 16.7 Å². The number of nitrogens with zero attached hydrogens (tertiary/aromatic N) is 1. The highest BCUT2D eigenvalue weighted by Gasteiger charge is 2.39. The van der Waals surface area contributed by atoms with Gasteiger partial charge in [0.25, 0.3) is 11.8 Å². The van der Waals surface area contributed by atoms with Gasteiger partial charge in [0.1, 0.15) is 5.70 Å². The van der Waals surface area contributed by atoms with E-state index in [1.54, 1.807) is 36.4 Å². The monoisotopic (exact) mass is 436 g/mol. The lowest BCUT2D eigenvalue weighted by Gasteiger charge is -2.16. The molecule has 0 saturated heterocycles. The molecule has 150 valence electrons. The normalized spacial score (nSPS) is 13.9. The molecule has 0 aromatic heterocycles. The summed E-state index contributed by atoms with van der Waals surface area (Å²) in [5.74, 6) is -0.735. The SMILES string of the molecule is Cc1ccc(Cl)cc1NC1=C(c2ccc(Cl)cc2)C(=O)N(Cc2ccccc2)C1=O. The Kier molecular flexibility index (Phi) is 5.62. The first-order valence-electron chi connectivity index (χ1n) is 9.37. The van der Waals surface area contributed by atoms with E-state index in [-0.39, 0.29) is 24.1 Å². The van der Waals surface area contributed by atoms with Gasteiger partial charge in [-0.2, -0.15) is 0 Å². The molecule has 0 aliphatic carbocycles. The lowest BCUT2D eigenvalue weighted by Crippen LogP contribution is -2.32. The van der Waals surface area contributed by atoms with Gasteiger partial charge >= 0.3 is 0 Å². The van der Waals surface area contributed by atoms with Crippen molar-refractivity contribution in [3.63, 3.8) is 0 Å². The molecule has 30 heavy (non-hydrogen) atoms. The number of imide groups is 1. The van der Waals surface area contributed by atoms with E-state index in [0.717, 1.165) is 11.1 Å². The molecule has 1 heterocycles. The van der Waals surface area contributed by atoms with Gasteiger partial charge in [0.15, 0.2) is 0 Å². The summed E-state index contributed by atoms with van der Waals surface area (Å²) < 4.78 is 0. The molecule has 0 unspecified atom stereocenters. The summed E-state index contributed by atoms with van der Waals surface area (Å²) in [6, 6.07) is 21.7. The van der Waals surface area contributed by atoms with Gasteiger partial charge in [0, 0.05) is 15.7 Å². The van der Waals surface area contributed by atoms with E-state index in [1.165, 1.54) is 4.90 Å². The Morgan fingerprint density at radius 1 is 0.833 bits per heavy atom. The van der Waals surface area contributed by atoms with Gasteiger partial charge in [-0.15, -0.1) is 0 Å². The highest BCUT2D eigenvalue weighted by Crippen LogP contribution is 2.33. The van der Waals surface area contributed by atoms with Crippen molar-refractivity contribution in [2.45, 2.75) is 13.5 Å². The first-order chi connectivity index (χ1) is 14.4. The van der Waals surface area contributed by atoms with Crippen molar-refractivity contribution in [2.75, 3.05) is 5.32 Å². The van der Waals surface area contributed by atoms with Crippen molar-refractivity contribution < 1.29 is 9.59 Å². The van der Waals surface area contributed by atoms with E-state index in [1.807, 2.05) is 43.3 Å². The lowest BCUT2D eigenvalue weighted by molar-refractivity contribution is -0.137. The zero-order valence-corrected chi connectivity index (χ0v) is 17.7. The molecule has 1 aliphatic heterocycles. The Balaban J connectivity index is 1.77. The number of carbonyl (C=O) groups is 2. The fourth-order valence-electron chi connectivity index (χ4n) is 3.35. The van der Waals surface area contributed by atoms with Crippen molar-refractivity contribution in [3.8, 4) is 0 Å². The summed E-state index contributed by atoms with van der Waals surface area (Å²) in [7, 11) is 0. The lowest BCUT2D eigenvalue weighted by atomic mass is 10.0. The fraction of sp³-hybridized carbons (Fsp3) is 0.0833. The summed E-state index contributed by atoms with van der Waals surface area (Å²) in [6.45, 7) is 2.10. The molecular formula is C24H18Cl2N2O2. The molecule has 0 atom stereocenters. The molecule has 2 amide bonds. The van der Waals surface area contributed by atoms with Crippen molar-refractivity contribution in [1.29, 1.82) is 0 Å². The second kappa shape index (κ2) is 8.34. The molecule has 0 bridgehead atoms. The van der Waals surface area contributed by atoms with Crippen LogP contribution in [-0.2, 0) is 16.1 Å². The van der Waals surface area contributed by atoms with Crippen LogP contribution in [0.2, 0.25) is 10.0 Å². The number of hydrogen-bond donors (Lipinski definition) is 1. The first kappa shape index (κ1) is 20.2. The number of aryl methyl sites for hydroxylation is 1. The summed E-state index contributed by atoms with van der Waals surface area (Å²) >= 11 is 12.2. The molecule has 0 fully saturated rings. The van der Waals surface area contributed by atoms with Crippen LogP contribution in [0.15, 0.2) is 78.5 Å². The number of carbonyl (C=O) groups excluding carboxylic acids is 2. The third-order valence-corrected chi connectivity index (χ3v) is 5.43. The minimum Gasteiger partial charge on any atom is -0.350 e. The minimum atomic E-state index is -0.381. The second-order valence-electron chi connectivity index (χ2n) is 7.02. The molecule has 1 aliphatic rings. The highest BCUT2D eigenvalue weighted by molar-refractivity contribution is 6.37. The molecule has 4 nitrogen and oxygen atoms in total. The molecule has 0 saturated carbocycles. The van der Waals surface area contributed by atoms with E-state index in [9.17, 15) is 9.59 Å². The number of amides is 2. The predicted octanol–water partition coefficient (Wildman–Crippen LogP) is 5.69. The Labute approximate surface area is 184 Å². The van der Waals surface area contributed by atoms with Crippen LogP contribution in [0, 0.1) is 6.92 Å². The molecule has 3 aromatic rings. The molecule has 1 N–H and O–H groups in total. The zero-order valence-electron chi connectivity index (χ0n) is 16.2. The van der Waals surface area contributed by atoms with Gasteiger partial charge in [0.05, 0.1) is 12.1 Å². The number of nitrogens with one attached hydrogen (secondary N) is 1. The Hall–Kier alpha value is -3.08. The molecule has 6 heteroatoms. The molecule has 3 aromatic carbocycles. The minimum absolute atomic E-state index is 0.190. The van der Waals surface area contributed by atoms with Crippen molar-refractivity contribution in [2.24, 2.45) is 0 Å². The van der Waals surface area contributed by atoms with Crippen molar-refractivity contribution in [3.05, 3.63) is 105 Å². The van der Waals surface area contributed by atoms with E-state index in [4.69, 9.17) is 23.2 Å². The summed E-state index contributed by atoms with van der Waals surface area (Å²) in [4.78, 5) is 27.9. The summed E-state index contributed by atoms with van der Waals surface area (Å²) in [6.07, 6.45) is 0. The van der Waals surface area contributed by atoms with Crippen LogP contribution in [0.5, 0.6) is 0 Å². The van der Waals surface area contributed by atoms with Gasteiger partial charge in [0.2, 0.25) is 0 Å². The second-order valence-corrected chi connectivity index (χ2v) is 7.90. The van der Waals surface area contributed by atoms with Crippen LogP contribution < -0.4 is 5.32 Å². The quantitative estimate of drug-likeness (QED) is 0.522. The molecule has 0 spiro atoms. The van der Waals surface area contributed by atoms with Crippen molar-refractivity contribution >= 4 is 46.3 Å². The van der Waals surface area contributed by atoms with Gasteiger partial charge in [-0.25, -0.2) is 0 Å². The first-order valence-corrected chi connectivity index (χ1v) is 10.1. The van der Waals surface area contributed by atoms with Gasteiger partial charge in [-0.1, -0.05) is 71.7 Å². The van der Waals surface area contributed by atoms with Crippen molar-refractivity contribution in [1.82, 2.24) is 4.90 Å². The summed E-state index contributed by atoms with van der Waals surface area (Å²) in [5.41, 5.74) is 3.61. The zero-order chi connectivity index (χ0) is 21.3. The Bertz CT molecular complexity index is 1160. The number of anilines is 1. The number of rotatable bonds is 5. The fourth-order valence-corrected chi connectivity index (χ4v) is 3.65. The maximum Gasteiger partial charge on any atom is 0.278 e. The molecule has 0 radical (unpaired) electrons. The maximum atomic E-state index is 13.3. The van der Waals surface area contributed by atoms with Gasteiger partial charge in [-0.3, -0.25) is 14.5 Å². The largest absolute Gasteiger partial charge is 0.350 e. The number of hydrogen-bond acceptors (Lipinski definition) is 3. The van der Waals surface area contributed by atoms with Crippen LogP contribution in [0.3, 0.4) is 0 Å². The van der Waals surface area contributed by atoms with Gasteiger partial charge < -0.3 is 5.32 Å². The Morgan fingerprint density at radius 3 is 2.20 bits per heavy atom. The van der Waals surface area contributed by atoms with E-state index in [2.05, 4.69) is 5.32 Å². The molecular weight excluding hydrogens is 419 g/mol. The standard InChI is InChI=1S/C24H18Cl2N2O2/c1-15-7-10-19(26)13-20(15)27-22-21(17-8-11-18(25)12-9-17)23(29)28(24(22)30)14-16-5-3-2-4-6-16/h2-13,27H,14H2,1H3. The average molecular weight is 437 g/mol. The number of benzene rings is 3. The van der Waals surface area contributed by atoms with Crippen LogP contribution in [0.4, 0.5) is 5.69 Å². The Morgan fingerprint density at radius 2 is 1.50 bits per heavy atom. The average Bonchev–Trinajstić information content (AvgIpc) is 2.96. The topological polar surface area (TPSA) is 49.4 Å². The van der Waals surface area contributed by atoms with Crippen LogP contribution >= 0.6 is 23.2 Å². The van der Waals surface area contributed by atoms with Gasteiger partial charge in [-0.05, 0) is 47.9 Å². The smallest absolute Gasteiger partial charge is 0.278 e. The van der Waals surface area contributed by atoms with E-state index in [0.29, 0.717) is 26.9 Å². The van der Waals surface area contributed by atoms with E-state index < -0.39 is 0 Å². The summed E-state index contributed by atoms with van der Waals surface area (Å²) in [5, 5.41) is 4.25. The third kappa shape index (κ3) is 3.97. The highest BCUT2D eigenvalue weighted by atomic mass is 35.5.